The molecule has 0 fully saturated rings. The summed E-state index contributed by atoms with van der Waals surface area (Å²) >= 11 is 0. The maximum Gasteiger partial charge on any atom is 0.134 e. The first-order chi connectivity index (χ1) is 9.28. The van der Waals surface area contributed by atoms with Crippen LogP contribution in [0.2, 0.25) is 0 Å². The van der Waals surface area contributed by atoms with E-state index in [0.717, 1.165) is 22.6 Å². The van der Waals surface area contributed by atoms with Crippen LogP contribution < -0.4 is 10.5 Å². The van der Waals surface area contributed by atoms with Gasteiger partial charge in [0, 0.05) is 12.1 Å². The molecule has 2 aromatic carbocycles. The van der Waals surface area contributed by atoms with Crippen LogP contribution >= 0.6 is 0 Å². The average Bonchev–Trinajstić information content (AvgIpc) is 2.88. The molecule has 0 aromatic heterocycles. The smallest absolute Gasteiger partial charge is 0.134 e. The van der Waals surface area contributed by atoms with Crippen molar-refractivity contribution in [3.63, 3.8) is 0 Å². The van der Waals surface area contributed by atoms with E-state index < -0.39 is 0 Å². The Balaban J connectivity index is 1.93. The summed E-state index contributed by atoms with van der Waals surface area (Å²) in [5, 5.41) is 0. The van der Waals surface area contributed by atoms with Crippen LogP contribution in [-0.2, 0) is 19.4 Å². The van der Waals surface area contributed by atoms with E-state index in [1.807, 2.05) is 12.1 Å². The molecule has 1 aliphatic rings. The van der Waals surface area contributed by atoms with E-state index in [4.69, 9.17) is 10.5 Å². The van der Waals surface area contributed by atoms with Gasteiger partial charge in [-0.15, -0.1) is 0 Å². The van der Waals surface area contributed by atoms with Crippen LogP contribution in [0.5, 0.6) is 11.5 Å². The molecular weight excluding hydrogens is 234 g/mol. The van der Waals surface area contributed by atoms with Gasteiger partial charge in [0.05, 0.1) is 0 Å². The molecule has 3 rings (SSSR count). The molecule has 0 saturated heterocycles. The summed E-state index contributed by atoms with van der Waals surface area (Å²) in [5.74, 6) is 1.83. The Kier molecular flexibility index (Phi) is 3.26. The van der Waals surface area contributed by atoms with Crippen molar-refractivity contribution in [1.29, 1.82) is 0 Å². The minimum Gasteiger partial charge on any atom is -0.457 e. The van der Waals surface area contributed by atoms with Gasteiger partial charge in [0.25, 0.3) is 0 Å². The predicted octanol–water partition coefficient (Wildman–Crippen LogP) is 3.73. The quantitative estimate of drug-likeness (QED) is 0.904. The fourth-order valence-electron chi connectivity index (χ4n) is 2.75. The maximum absolute atomic E-state index is 6.08. The lowest BCUT2D eigenvalue weighted by Crippen LogP contribution is -2.01. The number of fused-ring (bicyclic) bond motifs is 1. The van der Waals surface area contributed by atoms with E-state index in [1.54, 1.807) is 0 Å². The van der Waals surface area contributed by atoms with Gasteiger partial charge in [-0.3, -0.25) is 0 Å². The minimum absolute atomic E-state index is 0.502. The highest BCUT2D eigenvalue weighted by molar-refractivity contribution is 5.46. The first-order valence-corrected chi connectivity index (χ1v) is 6.86. The normalized spacial score (nSPS) is 13.4. The molecule has 2 nitrogen and oxygen atoms in total. The van der Waals surface area contributed by atoms with Crippen molar-refractivity contribution in [3.8, 4) is 11.5 Å². The van der Waals surface area contributed by atoms with Crippen LogP contribution in [0.4, 0.5) is 0 Å². The fraction of sp³-hybridized carbons (Fsp3) is 0.294. The number of hydrogen-bond donors (Lipinski definition) is 1. The van der Waals surface area contributed by atoms with E-state index >= 15 is 0 Å². The molecule has 19 heavy (non-hydrogen) atoms. The molecule has 2 N–H and O–H groups in total. The van der Waals surface area contributed by atoms with Crippen LogP contribution in [0.3, 0.4) is 0 Å². The number of rotatable bonds is 3. The number of hydrogen-bond acceptors (Lipinski definition) is 2. The van der Waals surface area contributed by atoms with Gasteiger partial charge in [-0.25, -0.2) is 0 Å². The zero-order valence-corrected chi connectivity index (χ0v) is 11.3. The number of nitrogens with two attached hydrogens (primary N) is 1. The average molecular weight is 253 g/mol. The highest BCUT2D eigenvalue weighted by atomic mass is 16.5. The Bertz CT molecular complexity index is 604. The molecule has 2 aromatic rings. The summed E-state index contributed by atoms with van der Waals surface area (Å²) in [6, 6.07) is 12.5. The van der Waals surface area contributed by atoms with Crippen LogP contribution in [0, 0.1) is 6.92 Å². The van der Waals surface area contributed by atoms with Crippen molar-refractivity contribution in [2.75, 3.05) is 0 Å². The molecule has 0 bridgehead atoms. The third-order valence-electron chi connectivity index (χ3n) is 3.80. The van der Waals surface area contributed by atoms with E-state index in [0.29, 0.717) is 6.54 Å². The SMILES string of the molecule is Cc1cccc(CN)c1Oc1ccc2c(c1)CCC2. The lowest BCUT2D eigenvalue weighted by Gasteiger charge is -2.13. The first-order valence-electron chi connectivity index (χ1n) is 6.86. The summed E-state index contributed by atoms with van der Waals surface area (Å²) in [7, 11) is 0. The fourth-order valence-corrected chi connectivity index (χ4v) is 2.75. The monoisotopic (exact) mass is 253 g/mol. The topological polar surface area (TPSA) is 35.2 Å². The first kappa shape index (κ1) is 12.2. The van der Waals surface area contributed by atoms with E-state index in [1.165, 1.54) is 30.4 Å². The number of para-hydroxylation sites is 1. The van der Waals surface area contributed by atoms with E-state index in [9.17, 15) is 0 Å². The molecular formula is C17H19NO. The Morgan fingerprint density at radius 1 is 1.11 bits per heavy atom. The van der Waals surface area contributed by atoms with Crippen LogP contribution in [-0.4, -0.2) is 0 Å². The van der Waals surface area contributed by atoms with Gasteiger partial charge >= 0.3 is 0 Å². The Labute approximate surface area is 114 Å². The molecule has 0 spiro atoms. The minimum atomic E-state index is 0.502. The van der Waals surface area contributed by atoms with Crippen molar-refractivity contribution in [2.24, 2.45) is 5.73 Å². The molecule has 0 unspecified atom stereocenters. The molecule has 0 aliphatic heterocycles. The lowest BCUT2D eigenvalue weighted by atomic mass is 10.1. The Hall–Kier alpha value is -1.80. The molecule has 0 amide bonds. The van der Waals surface area contributed by atoms with Gasteiger partial charge in [0.15, 0.2) is 0 Å². The molecule has 0 saturated carbocycles. The van der Waals surface area contributed by atoms with Gasteiger partial charge in [0.2, 0.25) is 0 Å². The second kappa shape index (κ2) is 5.06. The maximum atomic E-state index is 6.08. The summed E-state index contributed by atoms with van der Waals surface area (Å²) in [4.78, 5) is 0. The van der Waals surface area contributed by atoms with E-state index in [-0.39, 0.29) is 0 Å². The van der Waals surface area contributed by atoms with Crippen molar-refractivity contribution in [3.05, 3.63) is 58.7 Å². The number of aryl methyl sites for hydroxylation is 3. The molecule has 0 atom stereocenters. The molecule has 0 heterocycles. The van der Waals surface area contributed by atoms with Gasteiger partial charge in [0.1, 0.15) is 11.5 Å². The molecule has 1 aliphatic carbocycles. The zero-order chi connectivity index (χ0) is 13.2. The standard InChI is InChI=1S/C17H19NO/c1-12-4-2-7-15(11-18)17(12)19-16-9-8-13-5-3-6-14(13)10-16/h2,4,7-10H,3,5-6,11,18H2,1H3. The molecule has 0 radical (unpaired) electrons. The Morgan fingerprint density at radius 2 is 1.95 bits per heavy atom. The van der Waals surface area contributed by atoms with Gasteiger partial charge < -0.3 is 10.5 Å². The third kappa shape index (κ3) is 2.36. The van der Waals surface area contributed by atoms with Crippen molar-refractivity contribution in [2.45, 2.75) is 32.7 Å². The largest absolute Gasteiger partial charge is 0.457 e. The molecule has 98 valence electrons. The van der Waals surface area contributed by atoms with Gasteiger partial charge in [-0.2, -0.15) is 0 Å². The van der Waals surface area contributed by atoms with Gasteiger partial charge in [-0.1, -0.05) is 24.3 Å². The second-order valence-electron chi connectivity index (χ2n) is 5.15. The van der Waals surface area contributed by atoms with E-state index in [2.05, 4.69) is 31.2 Å². The number of ether oxygens (including phenoxy) is 1. The van der Waals surface area contributed by atoms with Crippen LogP contribution in [0.25, 0.3) is 0 Å². The highest BCUT2D eigenvalue weighted by Crippen LogP contribution is 2.32. The van der Waals surface area contributed by atoms with Crippen molar-refractivity contribution < 1.29 is 4.74 Å². The van der Waals surface area contributed by atoms with Gasteiger partial charge in [-0.05, 0) is 55.0 Å². The highest BCUT2D eigenvalue weighted by Gasteiger charge is 2.13. The summed E-state index contributed by atoms with van der Waals surface area (Å²) in [6.07, 6.45) is 3.63. The number of benzene rings is 2. The Morgan fingerprint density at radius 3 is 2.79 bits per heavy atom. The second-order valence-corrected chi connectivity index (χ2v) is 5.15. The summed E-state index contributed by atoms with van der Waals surface area (Å²) in [5.41, 5.74) is 10.9. The third-order valence-corrected chi connectivity index (χ3v) is 3.80. The predicted molar refractivity (Wildman–Crippen MR) is 77.6 cm³/mol. The van der Waals surface area contributed by atoms with Crippen molar-refractivity contribution >= 4 is 0 Å². The van der Waals surface area contributed by atoms with Crippen LogP contribution in [0.15, 0.2) is 36.4 Å². The van der Waals surface area contributed by atoms with Crippen molar-refractivity contribution in [1.82, 2.24) is 0 Å². The van der Waals surface area contributed by atoms with Crippen LogP contribution in [0.1, 0.15) is 28.7 Å². The summed E-state index contributed by atoms with van der Waals surface area (Å²) in [6.45, 7) is 2.56. The summed E-state index contributed by atoms with van der Waals surface area (Å²) < 4.78 is 6.08. The lowest BCUT2D eigenvalue weighted by molar-refractivity contribution is 0.472. The zero-order valence-electron chi connectivity index (χ0n) is 11.3. The molecule has 2 heteroatoms.